The first-order chi connectivity index (χ1) is 40.1. The van der Waals surface area contributed by atoms with Gasteiger partial charge in [-0.1, -0.05) is 92.8 Å². The molecule has 31 heteroatoms. The highest BCUT2D eigenvalue weighted by Gasteiger charge is 2.27. The average molecular weight is 1480 g/mol. The Hall–Kier alpha value is -4.95. The Kier molecular flexibility index (Phi) is 28.2. The van der Waals surface area contributed by atoms with Gasteiger partial charge in [-0.3, -0.25) is 42.4 Å². The molecule has 0 amide bonds. The molecular formula is C57H63BrCl10N12O8. The number of aryl methyl sites for hydroxylation is 2. The number of phenolic OH excluding ortho intramolecular Hbond substituents is 4. The number of aromatic nitrogens is 9. The standard InChI is InChI=1S/C17H15Cl2N3O2.C15H17Cl2N3O2.C13H15Cl2N3O2.C12H13Cl2N3O2.BrH.2ClH/c18-12-9-13(19)16(23)15-14(12)17(24)22(10-21-15)8-2-1-3-11-4-6-20-7-5-11;1-19(2)7-11-18-13-12(9(16)5-10(17)14(13)21)15(22)20(11)6-8-3-4-8;1-4-18-9(6-17(2)3)16-11-10(13(18)20)7(14)5-8(15)12(11)19;1-16(2)5-8-15-10-9(12(19)17(8)3)6(13)4-7(14)11(10)18;;;/h4-7,9-10,23H,1-3,8H2;5,8,21H,3-4,6-7H2,1-2H3;5,19H,4,6H2,1-3H3;4,18H,5H2,1-3H3;3*1H. The molecule has 4 aromatic carbocycles. The molecule has 10 rings (SSSR count). The average Bonchev–Trinajstić information content (AvgIpc) is 2.28. The summed E-state index contributed by atoms with van der Waals surface area (Å²) in [6, 6.07) is 9.41. The number of hydrogen-bond donors (Lipinski definition) is 4. The van der Waals surface area contributed by atoms with E-state index < -0.39 is 0 Å². The van der Waals surface area contributed by atoms with Gasteiger partial charge in [0.05, 0.1) is 87.7 Å². The molecule has 20 nitrogen and oxygen atoms in total. The molecule has 4 N–H and O–H groups in total. The van der Waals surface area contributed by atoms with Crippen LogP contribution in [0.5, 0.6) is 23.0 Å². The van der Waals surface area contributed by atoms with Gasteiger partial charge in [0.2, 0.25) is 0 Å². The number of nitrogens with zero attached hydrogens (tertiary/aromatic N) is 12. The second kappa shape index (κ2) is 32.9. The van der Waals surface area contributed by atoms with Gasteiger partial charge < -0.3 is 35.1 Å². The van der Waals surface area contributed by atoms with E-state index in [4.69, 9.17) is 92.8 Å². The van der Waals surface area contributed by atoms with E-state index in [-0.39, 0.29) is 171 Å². The van der Waals surface area contributed by atoms with Gasteiger partial charge in [0, 0.05) is 39.1 Å². The van der Waals surface area contributed by atoms with Crippen LogP contribution in [0.15, 0.2) is 74.3 Å². The maximum atomic E-state index is 12.8. The Balaban J connectivity index is 0.000000249. The molecule has 0 radical (unpaired) electrons. The molecule has 5 heterocycles. The zero-order valence-corrected chi connectivity index (χ0v) is 58.0. The summed E-state index contributed by atoms with van der Waals surface area (Å²) >= 11 is 47.9. The highest BCUT2D eigenvalue weighted by Crippen LogP contribution is 2.39. The van der Waals surface area contributed by atoms with Crippen LogP contribution in [0.2, 0.25) is 40.2 Å². The minimum atomic E-state index is -0.307. The molecule has 0 atom stereocenters. The predicted octanol–water partition coefficient (Wildman–Crippen LogP) is 12.6. The van der Waals surface area contributed by atoms with E-state index in [0.717, 1.165) is 32.1 Å². The van der Waals surface area contributed by atoms with Crippen molar-refractivity contribution in [2.24, 2.45) is 13.0 Å². The number of rotatable bonds is 14. The molecule has 1 fully saturated rings. The Morgan fingerprint density at radius 2 is 0.898 bits per heavy atom. The zero-order valence-electron chi connectivity index (χ0n) is 48.6. The van der Waals surface area contributed by atoms with Gasteiger partial charge in [-0.25, -0.2) is 19.9 Å². The van der Waals surface area contributed by atoms with E-state index in [0.29, 0.717) is 62.7 Å². The summed E-state index contributed by atoms with van der Waals surface area (Å²) in [6.07, 6.45) is 9.91. The van der Waals surface area contributed by atoms with E-state index >= 15 is 0 Å². The van der Waals surface area contributed by atoms with E-state index in [1.807, 2.05) is 76.0 Å². The van der Waals surface area contributed by atoms with Crippen molar-refractivity contribution in [3.05, 3.63) is 160 Å². The second-order valence-corrected chi connectivity index (χ2v) is 24.0. The van der Waals surface area contributed by atoms with Gasteiger partial charge in [0.25, 0.3) is 22.2 Å². The Morgan fingerprint density at radius 1 is 0.523 bits per heavy atom. The lowest BCUT2D eigenvalue weighted by atomic mass is 10.1. The third-order valence-corrected chi connectivity index (χ3v) is 15.7. The van der Waals surface area contributed by atoms with Crippen molar-refractivity contribution in [1.82, 2.24) is 57.9 Å². The van der Waals surface area contributed by atoms with Crippen LogP contribution in [0.1, 0.15) is 55.6 Å². The fraction of sp³-hybridized carbons (Fsp3) is 0.351. The van der Waals surface area contributed by atoms with Crippen LogP contribution < -0.4 is 22.2 Å². The van der Waals surface area contributed by atoms with Crippen LogP contribution in [0.25, 0.3) is 43.6 Å². The molecule has 88 heavy (non-hydrogen) atoms. The van der Waals surface area contributed by atoms with Crippen molar-refractivity contribution in [3.8, 4) is 23.0 Å². The van der Waals surface area contributed by atoms with Crippen molar-refractivity contribution < 1.29 is 20.4 Å². The first-order valence-corrected chi connectivity index (χ1v) is 29.3. The summed E-state index contributed by atoms with van der Waals surface area (Å²) < 4.78 is 6.15. The summed E-state index contributed by atoms with van der Waals surface area (Å²) in [5.74, 6) is 1.36. The number of aromatic hydroxyl groups is 4. The summed E-state index contributed by atoms with van der Waals surface area (Å²) in [4.78, 5) is 77.2. The first-order valence-electron chi connectivity index (χ1n) is 26.3. The molecule has 1 saturated carbocycles. The fourth-order valence-corrected chi connectivity index (χ4v) is 11.1. The van der Waals surface area contributed by atoms with Crippen molar-refractivity contribution in [3.63, 3.8) is 0 Å². The van der Waals surface area contributed by atoms with Gasteiger partial charge in [-0.2, -0.15) is 0 Å². The Labute approximate surface area is 568 Å². The molecule has 0 bridgehead atoms. The topological polar surface area (TPSA) is 243 Å². The summed E-state index contributed by atoms with van der Waals surface area (Å²) in [7, 11) is 12.9. The summed E-state index contributed by atoms with van der Waals surface area (Å²) in [6.45, 7) is 4.95. The summed E-state index contributed by atoms with van der Waals surface area (Å²) in [5, 5.41) is 41.9. The van der Waals surface area contributed by atoms with Crippen molar-refractivity contribution in [2.45, 2.75) is 78.3 Å². The van der Waals surface area contributed by atoms with E-state index in [1.54, 1.807) is 28.6 Å². The maximum absolute atomic E-state index is 12.8. The lowest BCUT2D eigenvalue weighted by Gasteiger charge is -2.17. The largest absolute Gasteiger partial charge is 0.504 e. The number of fused-ring (bicyclic) bond motifs is 4. The monoisotopic (exact) mass is 1470 g/mol. The molecule has 5 aromatic heterocycles. The van der Waals surface area contributed by atoms with Crippen LogP contribution in [0.4, 0.5) is 0 Å². The van der Waals surface area contributed by atoms with Crippen LogP contribution >= 0.6 is 135 Å². The second-order valence-electron chi connectivity index (χ2n) is 20.8. The number of benzene rings is 4. The Morgan fingerprint density at radius 3 is 1.32 bits per heavy atom. The van der Waals surface area contributed by atoms with E-state index in [9.17, 15) is 39.6 Å². The molecule has 9 aromatic rings. The van der Waals surface area contributed by atoms with Crippen molar-refractivity contribution in [1.29, 1.82) is 0 Å². The smallest absolute Gasteiger partial charge is 0.263 e. The number of phenols is 4. The number of unbranched alkanes of at least 4 members (excludes halogenated alkanes) is 1. The first kappa shape index (κ1) is 75.5. The third-order valence-electron chi connectivity index (χ3n) is 13.4. The van der Waals surface area contributed by atoms with Crippen molar-refractivity contribution >= 4 is 178 Å². The van der Waals surface area contributed by atoms with Gasteiger partial charge in [-0.05, 0) is 129 Å². The molecule has 1 aliphatic rings. The maximum Gasteiger partial charge on any atom is 0.263 e. The molecule has 1 aliphatic carbocycles. The minimum Gasteiger partial charge on any atom is -0.504 e. The van der Waals surface area contributed by atoms with Gasteiger partial charge in [-0.15, -0.1) is 41.8 Å². The van der Waals surface area contributed by atoms with Crippen LogP contribution in [0.3, 0.4) is 0 Å². The highest BCUT2D eigenvalue weighted by molar-refractivity contribution is 8.93. The van der Waals surface area contributed by atoms with Gasteiger partial charge >= 0.3 is 0 Å². The predicted molar refractivity (Wildman–Crippen MR) is 364 cm³/mol. The fourth-order valence-electron chi connectivity index (χ4n) is 8.97. The Bertz CT molecular complexity index is 4250. The lowest BCUT2D eigenvalue weighted by Crippen LogP contribution is -2.29. The third kappa shape index (κ3) is 17.5. The van der Waals surface area contributed by atoms with Crippen LogP contribution in [0, 0.1) is 5.92 Å². The highest BCUT2D eigenvalue weighted by atomic mass is 79.9. The van der Waals surface area contributed by atoms with Gasteiger partial charge in [0.15, 0.2) is 23.0 Å². The molecular weight excluding hydrogens is 1420 g/mol. The summed E-state index contributed by atoms with van der Waals surface area (Å²) in [5.41, 5.74) is 0.733. The zero-order chi connectivity index (χ0) is 62.5. The lowest BCUT2D eigenvalue weighted by molar-refractivity contribution is 0.373. The molecule has 0 aliphatic heterocycles. The van der Waals surface area contributed by atoms with E-state index in [2.05, 4.69) is 24.9 Å². The SMILES string of the molecule is Br.CCn1c(CN(C)C)nc2c(O)c(Cl)cc(Cl)c2c1=O.CN(C)Cc1nc2c(O)c(Cl)cc(Cl)c2c(=O)n1C.CN(C)Cc1nc2c(O)c(Cl)cc(Cl)c2c(=O)n1CC1CC1.Cl.Cl.O=c1c2c(Cl)cc(Cl)c(O)c2ncn1CCCCc1ccncc1. The van der Waals surface area contributed by atoms with Crippen molar-refractivity contribution in [2.75, 3.05) is 42.3 Å². The quantitative estimate of drug-likeness (QED) is 0.0740. The van der Waals surface area contributed by atoms with Crippen LogP contribution in [-0.4, -0.2) is 121 Å². The minimum absolute atomic E-state index is 0. The molecule has 0 saturated heterocycles. The number of halogens is 11. The van der Waals surface area contributed by atoms with Crippen LogP contribution in [-0.2, 0) is 52.7 Å². The molecule has 476 valence electrons. The number of pyridine rings is 1. The van der Waals surface area contributed by atoms with E-state index in [1.165, 1.54) is 45.3 Å². The normalized spacial score (nSPS) is 11.9. The molecule has 0 spiro atoms. The number of hydrogen-bond acceptors (Lipinski definition) is 16. The van der Waals surface area contributed by atoms with Gasteiger partial charge in [0.1, 0.15) is 39.5 Å². The molecule has 0 unspecified atom stereocenters.